The Hall–Kier alpha value is -1.28. The van der Waals surface area contributed by atoms with Crippen LogP contribution in [0.15, 0.2) is 36.5 Å². The number of hydrogen-bond acceptors (Lipinski definition) is 2. The van der Waals surface area contributed by atoms with Crippen LogP contribution in [0.4, 0.5) is 0 Å². The van der Waals surface area contributed by atoms with E-state index in [9.17, 15) is 0 Å². The van der Waals surface area contributed by atoms with Gasteiger partial charge >= 0.3 is 0 Å². The number of hydrogen-bond donors (Lipinski definition) is 0. The quantitative estimate of drug-likeness (QED) is 0.813. The molecule has 2 nitrogen and oxygen atoms in total. The van der Waals surface area contributed by atoms with E-state index in [4.69, 9.17) is 4.74 Å². The van der Waals surface area contributed by atoms with Gasteiger partial charge in [0.25, 0.3) is 0 Å². The highest BCUT2D eigenvalue weighted by molar-refractivity contribution is 5.85. The van der Waals surface area contributed by atoms with Crippen LogP contribution in [0.1, 0.15) is 12.8 Å². The van der Waals surface area contributed by atoms with Crippen LogP contribution in [0.5, 0.6) is 5.75 Å². The first-order valence-corrected chi connectivity index (χ1v) is 5.40. The molecule has 2 aromatic rings. The van der Waals surface area contributed by atoms with E-state index in [0.717, 1.165) is 29.2 Å². The maximum absolute atomic E-state index is 5.78. The van der Waals surface area contributed by atoms with Crippen LogP contribution < -0.4 is 4.74 Å². The van der Waals surface area contributed by atoms with Crippen molar-refractivity contribution in [1.82, 2.24) is 4.98 Å². The Bertz CT molecular complexity index is 477. The molecule has 0 bridgehead atoms. The van der Waals surface area contributed by atoms with Crippen LogP contribution in [0, 0.1) is 5.92 Å². The molecule has 0 saturated heterocycles. The molecule has 0 N–H and O–H groups in total. The first kappa shape index (κ1) is 11.2. The second kappa shape index (κ2) is 4.71. The van der Waals surface area contributed by atoms with Crippen molar-refractivity contribution in [3.8, 4) is 5.75 Å². The number of nitrogens with zero attached hydrogens (tertiary/aromatic N) is 1. The average molecular weight is 236 g/mol. The summed E-state index contributed by atoms with van der Waals surface area (Å²) in [4.78, 5) is 4.35. The molecule has 1 saturated carbocycles. The molecule has 1 aliphatic carbocycles. The van der Waals surface area contributed by atoms with E-state index in [2.05, 4.69) is 17.1 Å². The highest BCUT2D eigenvalue weighted by Gasteiger charge is 2.22. The van der Waals surface area contributed by atoms with E-state index in [1.54, 1.807) is 0 Å². The van der Waals surface area contributed by atoms with Crippen molar-refractivity contribution >= 4 is 23.3 Å². The fraction of sp³-hybridized carbons (Fsp3) is 0.308. The van der Waals surface area contributed by atoms with Crippen molar-refractivity contribution in [3.63, 3.8) is 0 Å². The number of pyridine rings is 1. The molecule has 84 valence electrons. The lowest BCUT2D eigenvalue weighted by molar-refractivity contribution is 0.302. The van der Waals surface area contributed by atoms with Crippen molar-refractivity contribution < 1.29 is 4.74 Å². The maximum Gasteiger partial charge on any atom is 0.145 e. The molecular weight excluding hydrogens is 222 g/mol. The molecule has 1 heterocycles. The summed E-state index contributed by atoms with van der Waals surface area (Å²) in [5, 5.41) is 1.14. The second-order valence-corrected chi connectivity index (χ2v) is 4.09. The zero-order valence-corrected chi connectivity index (χ0v) is 9.74. The number of benzene rings is 1. The lowest BCUT2D eigenvalue weighted by Crippen LogP contribution is -1.99. The molecule has 0 amide bonds. The first-order valence-electron chi connectivity index (χ1n) is 5.40. The molecular formula is C13H14ClNO. The Kier molecular flexibility index (Phi) is 3.30. The normalized spacial score (nSPS) is 14.5. The minimum absolute atomic E-state index is 0. The Balaban J connectivity index is 0.000000963. The molecule has 1 aliphatic rings. The standard InChI is InChI=1S/C13H13NO.ClH/c1-3-11-4-2-8-14-13(11)12(5-1)15-9-10-6-7-10;/h1-5,8,10H,6-7,9H2;1H. The van der Waals surface area contributed by atoms with Crippen molar-refractivity contribution in [1.29, 1.82) is 0 Å². The molecule has 1 aromatic heterocycles. The zero-order valence-electron chi connectivity index (χ0n) is 8.93. The molecule has 3 heteroatoms. The second-order valence-electron chi connectivity index (χ2n) is 4.09. The summed E-state index contributed by atoms with van der Waals surface area (Å²) >= 11 is 0. The fourth-order valence-electron chi connectivity index (χ4n) is 1.68. The highest BCUT2D eigenvalue weighted by atomic mass is 35.5. The molecule has 0 spiro atoms. The van der Waals surface area contributed by atoms with Crippen molar-refractivity contribution in [2.24, 2.45) is 5.92 Å². The summed E-state index contributed by atoms with van der Waals surface area (Å²) < 4.78 is 5.78. The monoisotopic (exact) mass is 235 g/mol. The number of halogens is 1. The van der Waals surface area contributed by atoms with Crippen LogP contribution in [-0.4, -0.2) is 11.6 Å². The third kappa shape index (κ3) is 2.27. The van der Waals surface area contributed by atoms with Crippen LogP contribution in [0.2, 0.25) is 0 Å². The van der Waals surface area contributed by atoms with Crippen molar-refractivity contribution in [3.05, 3.63) is 36.5 Å². The van der Waals surface area contributed by atoms with E-state index in [-0.39, 0.29) is 12.4 Å². The number of rotatable bonds is 3. The van der Waals surface area contributed by atoms with Gasteiger partial charge in [-0.1, -0.05) is 18.2 Å². The Morgan fingerprint density at radius 1 is 1.19 bits per heavy atom. The molecule has 0 unspecified atom stereocenters. The lowest BCUT2D eigenvalue weighted by Gasteiger charge is -2.07. The Morgan fingerprint density at radius 3 is 2.81 bits per heavy atom. The molecule has 0 radical (unpaired) electrons. The largest absolute Gasteiger partial charge is 0.491 e. The smallest absolute Gasteiger partial charge is 0.145 e. The average Bonchev–Trinajstić information content (AvgIpc) is 3.10. The number of para-hydroxylation sites is 1. The van der Waals surface area contributed by atoms with Gasteiger partial charge in [0.05, 0.1) is 6.61 Å². The summed E-state index contributed by atoms with van der Waals surface area (Å²) in [6.45, 7) is 0.843. The molecule has 0 atom stereocenters. The fourth-order valence-corrected chi connectivity index (χ4v) is 1.68. The van der Waals surface area contributed by atoms with Gasteiger partial charge in [-0.05, 0) is 30.9 Å². The predicted molar refractivity (Wildman–Crippen MR) is 67.2 cm³/mol. The Morgan fingerprint density at radius 2 is 2.00 bits per heavy atom. The topological polar surface area (TPSA) is 22.1 Å². The summed E-state index contributed by atoms with van der Waals surface area (Å²) in [6, 6.07) is 10.1. The number of ether oxygens (including phenoxy) is 1. The van der Waals surface area contributed by atoms with Gasteiger partial charge in [-0.15, -0.1) is 12.4 Å². The molecule has 3 rings (SSSR count). The number of fused-ring (bicyclic) bond motifs is 1. The molecule has 0 aliphatic heterocycles. The van der Waals surface area contributed by atoms with E-state index < -0.39 is 0 Å². The molecule has 16 heavy (non-hydrogen) atoms. The van der Waals surface area contributed by atoms with Crippen LogP contribution in [0.25, 0.3) is 10.9 Å². The summed E-state index contributed by atoms with van der Waals surface area (Å²) in [5.41, 5.74) is 0.973. The first-order chi connectivity index (χ1) is 7.43. The lowest BCUT2D eigenvalue weighted by atomic mass is 10.2. The molecule has 1 fully saturated rings. The molecule has 1 aromatic carbocycles. The third-order valence-electron chi connectivity index (χ3n) is 2.77. The minimum Gasteiger partial charge on any atom is -0.491 e. The van der Waals surface area contributed by atoms with Gasteiger partial charge in [0.2, 0.25) is 0 Å². The summed E-state index contributed by atoms with van der Waals surface area (Å²) in [7, 11) is 0. The van der Waals surface area contributed by atoms with Crippen LogP contribution >= 0.6 is 12.4 Å². The number of aromatic nitrogens is 1. The van der Waals surface area contributed by atoms with Gasteiger partial charge in [0.1, 0.15) is 11.3 Å². The van der Waals surface area contributed by atoms with Gasteiger partial charge in [0, 0.05) is 11.6 Å². The van der Waals surface area contributed by atoms with Gasteiger partial charge < -0.3 is 4.74 Å². The Labute approximate surface area is 101 Å². The predicted octanol–water partition coefficient (Wildman–Crippen LogP) is 3.45. The van der Waals surface area contributed by atoms with Crippen molar-refractivity contribution in [2.45, 2.75) is 12.8 Å². The summed E-state index contributed by atoms with van der Waals surface area (Å²) in [6.07, 6.45) is 4.45. The third-order valence-corrected chi connectivity index (χ3v) is 2.77. The van der Waals surface area contributed by atoms with E-state index in [1.165, 1.54) is 12.8 Å². The van der Waals surface area contributed by atoms with Crippen LogP contribution in [-0.2, 0) is 0 Å². The summed E-state index contributed by atoms with van der Waals surface area (Å²) in [5.74, 6) is 1.70. The van der Waals surface area contributed by atoms with Crippen LogP contribution in [0.3, 0.4) is 0 Å². The SMILES string of the molecule is Cl.c1cnc2c(OCC3CC3)cccc2c1. The highest BCUT2D eigenvalue weighted by Crippen LogP contribution is 2.31. The minimum atomic E-state index is 0. The van der Waals surface area contributed by atoms with Gasteiger partial charge in [-0.2, -0.15) is 0 Å². The van der Waals surface area contributed by atoms with Crippen molar-refractivity contribution in [2.75, 3.05) is 6.61 Å². The maximum atomic E-state index is 5.78. The van der Waals surface area contributed by atoms with Gasteiger partial charge in [0.15, 0.2) is 0 Å². The van der Waals surface area contributed by atoms with Gasteiger partial charge in [-0.3, -0.25) is 4.98 Å². The zero-order chi connectivity index (χ0) is 10.1. The van der Waals surface area contributed by atoms with E-state index in [0.29, 0.717) is 0 Å². The van der Waals surface area contributed by atoms with Gasteiger partial charge in [-0.25, -0.2) is 0 Å². The van der Waals surface area contributed by atoms with E-state index in [1.807, 2.05) is 24.4 Å². The van der Waals surface area contributed by atoms with E-state index >= 15 is 0 Å².